The van der Waals surface area contributed by atoms with Gasteiger partial charge >= 0.3 is 0 Å². The van der Waals surface area contributed by atoms with Gasteiger partial charge in [0.2, 0.25) is 5.95 Å². The van der Waals surface area contributed by atoms with Crippen LogP contribution in [0.4, 0.5) is 11.6 Å². The fourth-order valence-electron chi connectivity index (χ4n) is 1.66. The lowest BCUT2D eigenvalue weighted by atomic mass is 10.3. The lowest BCUT2D eigenvalue weighted by Crippen LogP contribution is -2.30. The van der Waals surface area contributed by atoms with E-state index in [0.29, 0.717) is 11.0 Å². The number of nitrogens with two attached hydrogens (primary N) is 1. The van der Waals surface area contributed by atoms with Crippen LogP contribution in [0.1, 0.15) is 0 Å². The Morgan fingerprint density at radius 2 is 2.05 bits per heavy atom. The second-order valence-corrected chi connectivity index (χ2v) is 4.79. The summed E-state index contributed by atoms with van der Waals surface area (Å²) >= 11 is 3.35. The lowest BCUT2D eigenvalue weighted by molar-refractivity contribution is 0.923. The van der Waals surface area contributed by atoms with Crippen molar-refractivity contribution in [2.75, 3.05) is 11.2 Å². The van der Waals surface area contributed by atoms with Crippen molar-refractivity contribution in [3.05, 3.63) is 45.3 Å². The van der Waals surface area contributed by atoms with E-state index in [1.165, 1.54) is 6.20 Å². The standard InChI is InChI=1S/C11H9BrN6O/c12-6-1-3-7(4-2-6)15-11-16-9-8(5-14-17-9)10(19)18(11)13/h1-5H,13H2,(H2,14,15,16,17). The second kappa shape index (κ2) is 4.39. The molecule has 0 radical (unpaired) electrons. The molecule has 96 valence electrons. The largest absolute Gasteiger partial charge is 0.333 e. The first-order valence-corrected chi connectivity index (χ1v) is 6.18. The van der Waals surface area contributed by atoms with Crippen molar-refractivity contribution < 1.29 is 0 Å². The average Bonchev–Trinajstić information content (AvgIpc) is 2.86. The van der Waals surface area contributed by atoms with Crippen LogP contribution < -0.4 is 16.7 Å². The highest BCUT2D eigenvalue weighted by Gasteiger charge is 2.10. The summed E-state index contributed by atoms with van der Waals surface area (Å²) in [5, 5.41) is 9.75. The van der Waals surface area contributed by atoms with Crippen LogP contribution in [0.25, 0.3) is 11.0 Å². The third-order valence-corrected chi connectivity index (χ3v) is 3.14. The number of benzene rings is 1. The highest BCUT2D eigenvalue weighted by Crippen LogP contribution is 2.17. The van der Waals surface area contributed by atoms with Crippen LogP contribution in [0.2, 0.25) is 0 Å². The van der Waals surface area contributed by atoms with Crippen LogP contribution in [-0.2, 0) is 0 Å². The van der Waals surface area contributed by atoms with Gasteiger partial charge in [-0.3, -0.25) is 9.89 Å². The van der Waals surface area contributed by atoms with Crippen molar-refractivity contribution in [2.24, 2.45) is 0 Å². The zero-order chi connectivity index (χ0) is 13.4. The van der Waals surface area contributed by atoms with E-state index in [0.717, 1.165) is 14.8 Å². The SMILES string of the molecule is Nn1c(Nc2ccc(Br)cc2)nc2[nH]ncc2c1=O. The number of nitrogens with one attached hydrogen (secondary N) is 2. The summed E-state index contributed by atoms with van der Waals surface area (Å²) in [7, 11) is 0. The zero-order valence-electron chi connectivity index (χ0n) is 9.59. The number of rotatable bonds is 2. The van der Waals surface area contributed by atoms with Crippen molar-refractivity contribution in [1.82, 2.24) is 19.9 Å². The number of hydrogen-bond donors (Lipinski definition) is 3. The summed E-state index contributed by atoms with van der Waals surface area (Å²) in [4.78, 5) is 16.2. The number of anilines is 2. The quantitative estimate of drug-likeness (QED) is 0.618. The smallest absolute Gasteiger partial charge is 0.284 e. The third kappa shape index (κ3) is 2.06. The van der Waals surface area contributed by atoms with Crippen LogP contribution in [-0.4, -0.2) is 19.9 Å². The van der Waals surface area contributed by atoms with Gasteiger partial charge in [-0.15, -0.1) is 0 Å². The van der Waals surface area contributed by atoms with Gasteiger partial charge in [0.1, 0.15) is 5.39 Å². The average molecular weight is 321 g/mol. The Bertz CT molecular complexity index is 791. The maximum Gasteiger partial charge on any atom is 0.284 e. The normalized spacial score (nSPS) is 10.8. The highest BCUT2D eigenvalue weighted by molar-refractivity contribution is 9.10. The molecule has 3 rings (SSSR count). The molecular weight excluding hydrogens is 312 g/mol. The van der Waals surface area contributed by atoms with E-state index in [4.69, 9.17) is 5.84 Å². The van der Waals surface area contributed by atoms with Crippen LogP contribution in [0.5, 0.6) is 0 Å². The summed E-state index contributed by atoms with van der Waals surface area (Å²) in [6.07, 6.45) is 1.40. The number of hydrogen-bond acceptors (Lipinski definition) is 5. The van der Waals surface area contributed by atoms with E-state index in [9.17, 15) is 4.79 Å². The molecule has 0 amide bonds. The molecule has 0 unspecified atom stereocenters. The fourth-order valence-corrected chi connectivity index (χ4v) is 1.92. The minimum absolute atomic E-state index is 0.240. The molecule has 2 aromatic heterocycles. The molecule has 19 heavy (non-hydrogen) atoms. The van der Waals surface area contributed by atoms with Gasteiger partial charge in [-0.05, 0) is 24.3 Å². The van der Waals surface area contributed by atoms with Crippen molar-refractivity contribution >= 4 is 38.6 Å². The third-order valence-electron chi connectivity index (χ3n) is 2.61. The van der Waals surface area contributed by atoms with Gasteiger partial charge in [0.15, 0.2) is 5.65 Å². The Kier molecular flexibility index (Phi) is 2.71. The van der Waals surface area contributed by atoms with Gasteiger partial charge < -0.3 is 11.2 Å². The van der Waals surface area contributed by atoms with Gasteiger partial charge in [-0.2, -0.15) is 14.8 Å². The first-order valence-electron chi connectivity index (χ1n) is 5.39. The summed E-state index contributed by atoms with van der Waals surface area (Å²) in [6.45, 7) is 0. The van der Waals surface area contributed by atoms with Crippen LogP contribution in [0.15, 0.2) is 39.7 Å². The number of nitrogens with zero attached hydrogens (tertiary/aromatic N) is 3. The molecule has 0 atom stereocenters. The molecule has 3 aromatic rings. The maximum atomic E-state index is 11.9. The fraction of sp³-hybridized carbons (Fsp3) is 0. The Labute approximate surface area is 115 Å². The van der Waals surface area contributed by atoms with E-state index >= 15 is 0 Å². The number of halogens is 1. The van der Waals surface area contributed by atoms with Gasteiger partial charge in [0.05, 0.1) is 6.20 Å². The molecule has 4 N–H and O–H groups in total. The predicted molar refractivity (Wildman–Crippen MR) is 75.7 cm³/mol. The molecule has 0 fully saturated rings. The van der Waals surface area contributed by atoms with Gasteiger partial charge in [-0.1, -0.05) is 15.9 Å². The molecule has 0 aliphatic carbocycles. The minimum atomic E-state index is -0.363. The van der Waals surface area contributed by atoms with Crippen LogP contribution in [0.3, 0.4) is 0 Å². The Morgan fingerprint density at radius 3 is 2.79 bits per heavy atom. The second-order valence-electron chi connectivity index (χ2n) is 3.87. The number of H-pyrrole nitrogens is 1. The maximum absolute atomic E-state index is 11.9. The Morgan fingerprint density at radius 1 is 1.32 bits per heavy atom. The van der Waals surface area contributed by atoms with Crippen LogP contribution >= 0.6 is 15.9 Å². The van der Waals surface area contributed by atoms with E-state index in [2.05, 4.69) is 36.4 Å². The zero-order valence-corrected chi connectivity index (χ0v) is 11.2. The summed E-state index contributed by atoms with van der Waals surface area (Å²) in [5.74, 6) is 5.95. The number of aromatic nitrogens is 4. The van der Waals surface area contributed by atoms with Crippen molar-refractivity contribution in [3.8, 4) is 0 Å². The Hall–Kier alpha value is -2.35. The summed E-state index contributed by atoms with van der Waals surface area (Å²) in [5.41, 5.74) is 0.804. The molecule has 0 saturated heterocycles. The lowest BCUT2D eigenvalue weighted by Gasteiger charge is -2.09. The minimum Gasteiger partial charge on any atom is -0.333 e. The molecular formula is C11H9BrN6O. The van der Waals surface area contributed by atoms with Gasteiger partial charge in [-0.25, -0.2) is 0 Å². The van der Waals surface area contributed by atoms with E-state index in [1.54, 1.807) is 0 Å². The first kappa shape index (κ1) is 11.7. The van der Waals surface area contributed by atoms with Crippen molar-refractivity contribution in [3.63, 3.8) is 0 Å². The molecule has 0 aliphatic rings. The van der Waals surface area contributed by atoms with E-state index in [1.807, 2.05) is 24.3 Å². The summed E-state index contributed by atoms with van der Waals surface area (Å²) < 4.78 is 1.92. The number of aromatic amines is 1. The summed E-state index contributed by atoms with van der Waals surface area (Å²) in [6, 6.07) is 7.42. The first-order chi connectivity index (χ1) is 9.15. The molecule has 0 spiro atoms. The molecule has 2 heterocycles. The molecule has 0 saturated carbocycles. The van der Waals surface area contributed by atoms with Crippen molar-refractivity contribution in [1.29, 1.82) is 0 Å². The van der Waals surface area contributed by atoms with E-state index < -0.39 is 0 Å². The van der Waals surface area contributed by atoms with E-state index in [-0.39, 0.29) is 11.5 Å². The molecule has 8 heteroatoms. The Balaban J connectivity index is 2.07. The molecule has 7 nitrogen and oxygen atoms in total. The van der Waals surface area contributed by atoms with Gasteiger partial charge in [0.25, 0.3) is 5.56 Å². The van der Waals surface area contributed by atoms with Gasteiger partial charge in [0, 0.05) is 10.2 Å². The molecule has 1 aromatic carbocycles. The predicted octanol–water partition coefficient (Wildman–Crippen LogP) is 1.34. The monoisotopic (exact) mass is 320 g/mol. The number of fused-ring (bicyclic) bond motifs is 1. The molecule has 0 aliphatic heterocycles. The highest BCUT2D eigenvalue weighted by atomic mass is 79.9. The molecule has 0 bridgehead atoms. The van der Waals surface area contributed by atoms with Crippen molar-refractivity contribution in [2.45, 2.75) is 0 Å². The topological polar surface area (TPSA) is 102 Å². The van der Waals surface area contributed by atoms with Crippen LogP contribution in [0, 0.1) is 0 Å². The number of nitrogen functional groups attached to an aromatic ring is 1.